The van der Waals surface area contributed by atoms with Crippen LogP contribution in [0.2, 0.25) is 0 Å². The highest BCUT2D eigenvalue weighted by Crippen LogP contribution is 2.28. The lowest BCUT2D eigenvalue weighted by Crippen LogP contribution is -2.13. The van der Waals surface area contributed by atoms with Gasteiger partial charge >= 0.3 is 0 Å². The van der Waals surface area contributed by atoms with Crippen molar-refractivity contribution in [3.63, 3.8) is 0 Å². The van der Waals surface area contributed by atoms with Gasteiger partial charge in [0.2, 0.25) is 5.91 Å². The minimum atomic E-state index is -0.303. The van der Waals surface area contributed by atoms with E-state index < -0.39 is 0 Å². The molecule has 5 aromatic rings. The third-order valence-corrected chi connectivity index (χ3v) is 5.89. The zero-order chi connectivity index (χ0) is 24.9. The van der Waals surface area contributed by atoms with E-state index in [9.17, 15) is 9.18 Å². The van der Waals surface area contributed by atoms with E-state index in [0.29, 0.717) is 23.5 Å². The van der Waals surface area contributed by atoms with Crippen LogP contribution in [0, 0.1) is 5.82 Å². The molecule has 1 aromatic heterocycles. The summed E-state index contributed by atoms with van der Waals surface area (Å²) in [6, 6.07) is 29.6. The molecule has 5 rings (SSSR count). The van der Waals surface area contributed by atoms with E-state index in [1.54, 1.807) is 28.9 Å². The highest BCUT2D eigenvalue weighted by atomic mass is 19.1. The van der Waals surface area contributed by atoms with Crippen molar-refractivity contribution in [2.75, 3.05) is 11.1 Å². The van der Waals surface area contributed by atoms with Crippen molar-refractivity contribution in [3.8, 4) is 27.9 Å². The molecule has 0 spiro atoms. The van der Waals surface area contributed by atoms with E-state index in [2.05, 4.69) is 27.8 Å². The third kappa shape index (κ3) is 5.15. The van der Waals surface area contributed by atoms with Gasteiger partial charge in [0.1, 0.15) is 5.82 Å². The zero-order valence-electron chi connectivity index (χ0n) is 19.4. The maximum atomic E-state index is 13.3. The van der Waals surface area contributed by atoms with Crippen LogP contribution in [0.4, 0.5) is 15.8 Å². The molecule has 0 radical (unpaired) electrons. The van der Waals surface area contributed by atoms with Crippen molar-refractivity contribution < 1.29 is 9.18 Å². The van der Waals surface area contributed by atoms with Gasteiger partial charge in [-0.25, -0.2) is 9.07 Å². The average Bonchev–Trinajstić information content (AvgIpc) is 3.39. The van der Waals surface area contributed by atoms with Crippen LogP contribution < -0.4 is 11.1 Å². The molecule has 178 valence electrons. The molecule has 1 heterocycles. The maximum absolute atomic E-state index is 13.3. The molecule has 0 aliphatic carbocycles. The molecule has 0 aliphatic rings. The summed E-state index contributed by atoms with van der Waals surface area (Å²) in [6.45, 7) is 0. The second kappa shape index (κ2) is 10.2. The predicted octanol–water partition coefficient (Wildman–Crippen LogP) is 5.89. The first-order valence-corrected chi connectivity index (χ1v) is 11.6. The van der Waals surface area contributed by atoms with Crippen molar-refractivity contribution in [3.05, 3.63) is 115 Å². The highest BCUT2D eigenvalue weighted by molar-refractivity contribution is 5.95. The number of hydrogen-bond donors (Lipinski definition) is 2. The lowest BCUT2D eigenvalue weighted by atomic mass is 10.0. The molecule has 36 heavy (non-hydrogen) atoms. The minimum absolute atomic E-state index is 0.183. The molecular weight excluding hydrogens is 453 g/mol. The van der Waals surface area contributed by atoms with Crippen LogP contribution in [0.15, 0.2) is 103 Å². The largest absolute Gasteiger partial charge is 0.397 e. The number of halogens is 1. The van der Waals surface area contributed by atoms with Gasteiger partial charge in [0.05, 0.1) is 29.0 Å². The average molecular weight is 478 g/mol. The Morgan fingerprint density at radius 3 is 2.39 bits per heavy atom. The number of aryl methyl sites for hydroxylation is 1. The Balaban J connectivity index is 1.26. The van der Waals surface area contributed by atoms with Crippen LogP contribution in [0.3, 0.4) is 0 Å². The van der Waals surface area contributed by atoms with Crippen LogP contribution in [-0.2, 0) is 11.2 Å². The summed E-state index contributed by atoms with van der Waals surface area (Å²) in [5.41, 5.74) is 12.5. The summed E-state index contributed by atoms with van der Waals surface area (Å²) in [7, 11) is 0. The molecule has 0 atom stereocenters. The fourth-order valence-corrected chi connectivity index (χ4v) is 4.01. The van der Waals surface area contributed by atoms with Crippen molar-refractivity contribution in [1.29, 1.82) is 0 Å². The number of amides is 1. The van der Waals surface area contributed by atoms with Crippen LogP contribution in [-0.4, -0.2) is 20.9 Å². The fraction of sp³-hybridized carbons (Fsp3) is 0.0690. The summed E-state index contributed by atoms with van der Waals surface area (Å²) in [4.78, 5) is 12.7. The number of carbonyl (C=O) groups excluding carboxylic acids is 1. The van der Waals surface area contributed by atoms with E-state index in [0.717, 1.165) is 27.9 Å². The molecule has 7 heteroatoms. The lowest BCUT2D eigenvalue weighted by Gasteiger charge is -2.10. The van der Waals surface area contributed by atoms with Gasteiger partial charge in [-0.1, -0.05) is 71.9 Å². The molecule has 1 amide bonds. The van der Waals surface area contributed by atoms with Gasteiger partial charge in [0.15, 0.2) is 0 Å². The topological polar surface area (TPSA) is 85.8 Å². The third-order valence-electron chi connectivity index (χ3n) is 5.89. The lowest BCUT2D eigenvalue weighted by molar-refractivity contribution is -0.116. The van der Waals surface area contributed by atoms with Crippen LogP contribution in [0.5, 0.6) is 0 Å². The number of anilines is 2. The smallest absolute Gasteiger partial charge is 0.224 e. The molecule has 0 saturated heterocycles. The molecule has 0 aliphatic heterocycles. The maximum Gasteiger partial charge on any atom is 0.224 e. The van der Waals surface area contributed by atoms with E-state index in [1.165, 1.54) is 12.1 Å². The van der Waals surface area contributed by atoms with Gasteiger partial charge in [-0.05, 0) is 47.0 Å². The zero-order valence-corrected chi connectivity index (χ0v) is 19.4. The number of benzene rings is 4. The molecule has 6 nitrogen and oxygen atoms in total. The molecular formula is C29H24FN5O. The van der Waals surface area contributed by atoms with Gasteiger partial charge < -0.3 is 11.1 Å². The first-order valence-electron chi connectivity index (χ1n) is 11.6. The standard InChI is InChI=1S/C29H24FN5O/c30-23-13-10-20(11-14-23)22-12-16-26(31)27(18-22)32-29(36)17-15-24-19-35(34-33-24)28-9-5-4-8-25(28)21-6-2-1-3-7-21/h1-14,16,18-19H,15,17,31H2,(H,32,36). The van der Waals surface area contributed by atoms with Crippen LogP contribution in [0.1, 0.15) is 12.1 Å². The molecule has 0 unspecified atom stereocenters. The first-order chi connectivity index (χ1) is 17.6. The van der Waals surface area contributed by atoms with Crippen molar-refractivity contribution in [1.82, 2.24) is 15.0 Å². The van der Waals surface area contributed by atoms with Gasteiger partial charge in [-0.3, -0.25) is 4.79 Å². The van der Waals surface area contributed by atoms with Crippen LogP contribution in [0.25, 0.3) is 27.9 Å². The molecule has 4 aromatic carbocycles. The number of rotatable bonds is 7. The van der Waals surface area contributed by atoms with Gasteiger partial charge in [0.25, 0.3) is 0 Å². The Morgan fingerprint density at radius 2 is 1.58 bits per heavy atom. The molecule has 0 bridgehead atoms. The summed E-state index contributed by atoms with van der Waals surface area (Å²) in [5.74, 6) is -0.486. The van der Waals surface area contributed by atoms with Crippen molar-refractivity contribution in [2.45, 2.75) is 12.8 Å². The normalized spacial score (nSPS) is 10.8. The summed E-state index contributed by atoms with van der Waals surface area (Å²) >= 11 is 0. The van der Waals surface area contributed by atoms with Crippen LogP contribution >= 0.6 is 0 Å². The number of carbonyl (C=O) groups is 1. The van der Waals surface area contributed by atoms with Gasteiger partial charge in [-0.15, -0.1) is 5.10 Å². The van der Waals surface area contributed by atoms with Crippen molar-refractivity contribution in [2.24, 2.45) is 0 Å². The first kappa shape index (κ1) is 23.0. The van der Waals surface area contributed by atoms with Gasteiger partial charge in [-0.2, -0.15) is 0 Å². The van der Waals surface area contributed by atoms with Crippen molar-refractivity contribution >= 4 is 17.3 Å². The number of hydrogen-bond acceptors (Lipinski definition) is 4. The quantitative estimate of drug-likeness (QED) is 0.286. The molecule has 0 fully saturated rings. The second-order valence-corrected chi connectivity index (χ2v) is 8.39. The molecule has 3 N–H and O–H groups in total. The summed E-state index contributed by atoms with van der Waals surface area (Å²) in [6.07, 6.45) is 2.49. The van der Waals surface area contributed by atoms with E-state index in [4.69, 9.17) is 5.73 Å². The Labute approximate surface area is 208 Å². The minimum Gasteiger partial charge on any atom is -0.397 e. The van der Waals surface area contributed by atoms with E-state index in [1.807, 2.05) is 54.7 Å². The number of nitrogens with zero attached hydrogens (tertiary/aromatic N) is 3. The Bertz CT molecular complexity index is 1500. The number of nitrogens with one attached hydrogen (secondary N) is 1. The highest BCUT2D eigenvalue weighted by Gasteiger charge is 2.12. The Hall–Kier alpha value is -4.78. The summed E-state index contributed by atoms with van der Waals surface area (Å²) < 4.78 is 15.0. The van der Waals surface area contributed by atoms with Gasteiger partial charge in [0, 0.05) is 18.4 Å². The fourth-order valence-electron chi connectivity index (χ4n) is 4.01. The van der Waals surface area contributed by atoms with E-state index in [-0.39, 0.29) is 18.1 Å². The summed E-state index contributed by atoms with van der Waals surface area (Å²) in [5, 5.41) is 11.4. The Kier molecular flexibility index (Phi) is 6.53. The van der Waals surface area contributed by atoms with E-state index >= 15 is 0 Å². The SMILES string of the molecule is Nc1ccc(-c2ccc(F)cc2)cc1NC(=O)CCc1cn(-c2ccccc2-c2ccccc2)nn1. The predicted molar refractivity (Wildman–Crippen MR) is 140 cm³/mol. The molecule has 0 saturated carbocycles. The Morgan fingerprint density at radius 1 is 0.861 bits per heavy atom. The number of nitrogen functional groups attached to an aromatic ring is 1. The monoisotopic (exact) mass is 477 g/mol. The number of aromatic nitrogens is 3. The second-order valence-electron chi connectivity index (χ2n) is 8.39. The number of nitrogens with two attached hydrogens (primary N) is 1. The number of para-hydroxylation sites is 1.